The molecule has 150 valence electrons. The van der Waals surface area contributed by atoms with Gasteiger partial charge in [-0.3, -0.25) is 0 Å². The van der Waals surface area contributed by atoms with Crippen LogP contribution in [0.5, 0.6) is 0 Å². The number of morpholine rings is 1. The third-order valence-electron chi connectivity index (χ3n) is 5.55. The van der Waals surface area contributed by atoms with E-state index < -0.39 is 9.84 Å². The highest BCUT2D eigenvalue weighted by Crippen LogP contribution is 2.34. The first-order chi connectivity index (χ1) is 12.8. The summed E-state index contributed by atoms with van der Waals surface area (Å²) in [7, 11) is -1.56. The van der Waals surface area contributed by atoms with Gasteiger partial charge in [-0.15, -0.1) is 0 Å². The molecule has 0 spiro atoms. The van der Waals surface area contributed by atoms with Crippen molar-refractivity contribution in [2.45, 2.75) is 43.2 Å². The lowest BCUT2D eigenvalue weighted by Gasteiger charge is -2.40. The molecule has 0 aromatic heterocycles. The maximum absolute atomic E-state index is 12.9. The summed E-state index contributed by atoms with van der Waals surface area (Å²) < 4.78 is 34.8. The Morgan fingerprint density at radius 1 is 1.33 bits per heavy atom. The number of nitrogens with zero attached hydrogens (tertiary/aromatic N) is 1. The molecule has 0 radical (unpaired) electrons. The molecule has 8 heteroatoms. The molecule has 1 saturated carbocycles. The van der Waals surface area contributed by atoms with Crippen molar-refractivity contribution in [2.24, 2.45) is 5.92 Å². The van der Waals surface area contributed by atoms with E-state index in [1.54, 1.807) is 26.2 Å². The molecule has 1 aliphatic carbocycles. The molecule has 2 fully saturated rings. The lowest BCUT2D eigenvalue weighted by molar-refractivity contribution is -0.0379. The van der Waals surface area contributed by atoms with E-state index in [2.05, 4.69) is 5.32 Å². The molecule has 3 atom stereocenters. The summed E-state index contributed by atoms with van der Waals surface area (Å²) in [5.41, 5.74) is 1.20. The van der Waals surface area contributed by atoms with Crippen molar-refractivity contribution in [2.75, 3.05) is 38.4 Å². The number of hydrogen-bond donors (Lipinski definition) is 1. The first-order valence-corrected chi connectivity index (χ1v) is 11.2. The standard InChI is InChI=1S/C19H28N2O5S/c1-13-11-14(7-8-18(13)27(3,23)24)20-19(22)21-9-10-26-12-16(21)15-5-4-6-17(15)25-2/h7-8,11,15-17H,4-6,9-10,12H2,1-3H3,(H,20,22). The van der Waals surface area contributed by atoms with Gasteiger partial charge >= 0.3 is 6.03 Å². The molecule has 3 rings (SSSR count). The number of urea groups is 1. The van der Waals surface area contributed by atoms with Crippen molar-refractivity contribution >= 4 is 21.6 Å². The van der Waals surface area contributed by atoms with Crippen LogP contribution in [-0.2, 0) is 19.3 Å². The van der Waals surface area contributed by atoms with Crippen molar-refractivity contribution in [1.29, 1.82) is 0 Å². The molecule has 1 aliphatic heterocycles. The van der Waals surface area contributed by atoms with Crippen LogP contribution in [0, 0.1) is 12.8 Å². The van der Waals surface area contributed by atoms with Crippen LogP contribution in [0.4, 0.5) is 10.5 Å². The van der Waals surface area contributed by atoms with Crippen molar-refractivity contribution < 1.29 is 22.7 Å². The number of rotatable bonds is 4. The van der Waals surface area contributed by atoms with E-state index in [1.807, 2.05) is 4.90 Å². The van der Waals surface area contributed by atoms with E-state index in [4.69, 9.17) is 9.47 Å². The average molecular weight is 397 g/mol. The topological polar surface area (TPSA) is 84.9 Å². The van der Waals surface area contributed by atoms with Crippen LogP contribution in [0.25, 0.3) is 0 Å². The summed E-state index contributed by atoms with van der Waals surface area (Å²) in [5, 5.41) is 2.91. The Morgan fingerprint density at radius 3 is 2.78 bits per heavy atom. The van der Waals surface area contributed by atoms with Crippen LogP contribution < -0.4 is 5.32 Å². The van der Waals surface area contributed by atoms with Gasteiger partial charge in [-0.05, 0) is 43.5 Å². The smallest absolute Gasteiger partial charge is 0.322 e. The third kappa shape index (κ3) is 4.44. The Balaban J connectivity index is 1.75. The fourth-order valence-corrected chi connectivity index (χ4v) is 5.21. The minimum atomic E-state index is -3.28. The highest BCUT2D eigenvalue weighted by molar-refractivity contribution is 7.90. The van der Waals surface area contributed by atoms with E-state index in [0.717, 1.165) is 19.3 Å². The third-order valence-corrected chi connectivity index (χ3v) is 6.81. The van der Waals surface area contributed by atoms with E-state index >= 15 is 0 Å². The zero-order valence-corrected chi connectivity index (χ0v) is 16.9. The van der Waals surface area contributed by atoms with Gasteiger partial charge in [0.2, 0.25) is 0 Å². The number of amides is 2. The molecule has 1 aromatic carbocycles. The van der Waals surface area contributed by atoms with Gasteiger partial charge in [0.25, 0.3) is 0 Å². The van der Waals surface area contributed by atoms with Crippen molar-refractivity contribution in [1.82, 2.24) is 4.90 Å². The summed E-state index contributed by atoms with van der Waals surface area (Å²) in [6.45, 7) is 3.29. The number of carbonyl (C=O) groups is 1. The number of carbonyl (C=O) groups excluding carboxylic acids is 1. The average Bonchev–Trinajstić information content (AvgIpc) is 3.09. The number of hydrogen-bond acceptors (Lipinski definition) is 5. The molecule has 1 N–H and O–H groups in total. The Morgan fingerprint density at radius 2 is 2.11 bits per heavy atom. The molecule has 27 heavy (non-hydrogen) atoms. The molecule has 2 aliphatic rings. The number of methoxy groups -OCH3 is 1. The predicted octanol–water partition coefficient (Wildman–Crippen LogP) is 2.45. The van der Waals surface area contributed by atoms with Gasteiger partial charge in [-0.25, -0.2) is 13.2 Å². The van der Waals surface area contributed by atoms with Gasteiger partial charge in [-0.1, -0.05) is 6.42 Å². The lowest BCUT2D eigenvalue weighted by atomic mass is 9.94. The summed E-state index contributed by atoms with van der Waals surface area (Å²) in [4.78, 5) is 15.0. The quantitative estimate of drug-likeness (QED) is 0.845. The number of benzene rings is 1. The lowest BCUT2D eigenvalue weighted by Crippen LogP contribution is -2.55. The SMILES string of the molecule is COC1CCCC1C1COCCN1C(=O)Nc1ccc(S(C)(=O)=O)c(C)c1. The zero-order chi connectivity index (χ0) is 19.6. The molecule has 1 heterocycles. The monoisotopic (exact) mass is 396 g/mol. The molecular weight excluding hydrogens is 368 g/mol. The number of anilines is 1. The summed E-state index contributed by atoms with van der Waals surface area (Å²) in [6.07, 6.45) is 4.47. The fraction of sp³-hybridized carbons (Fsp3) is 0.632. The summed E-state index contributed by atoms with van der Waals surface area (Å²) >= 11 is 0. The molecule has 2 amide bonds. The van der Waals surface area contributed by atoms with Crippen molar-refractivity contribution in [3.05, 3.63) is 23.8 Å². The van der Waals surface area contributed by atoms with Crippen LogP contribution >= 0.6 is 0 Å². The minimum Gasteiger partial charge on any atom is -0.381 e. The molecule has 1 aromatic rings. The molecular formula is C19H28N2O5S. The second kappa shape index (κ2) is 8.16. The van der Waals surface area contributed by atoms with Crippen molar-refractivity contribution in [3.63, 3.8) is 0 Å². The molecule has 0 bridgehead atoms. The van der Waals surface area contributed by atoms with Crippen LogP contribution in [0.2, 0.25) is 0 Å². The maximum atomic E-state index is 12.9. The Bertz CT molecular complexity index is 795. The highest BCUT2D eigenvalue weighted by Gasteiger charge is 2.40. The van der Waals surface area contributed by atoms with Gasteiger partial charge in [0.15, 0.2) is 9.84 Å². The van der Waals surface area contributed by atoms with Crippen LogP contribution in [-0.4, -0.2) is 64.6 Å². The van der Waals surface area contributed by atoms with Gasteiger partial charge in [-0.2, -0.15) is 0 Å². The van der Waals surface area contributed by atoms with Gasteiger partial charge in [0.05, 0.1) is 30.3 Å². The summed E-state index contributed by atoms with van der Waals surface area (Å²) in [5.74, 6) is 0.274. The molecule has 3 unspecified atom stereocenters. The Hall–Kier alpha value is -1.64. The first kappa shape index (κ1) is 20.1. The van der Waals surface area contributed by atoms with Crippen molar-refractivity contribution in [3.8, 4) is 0 Å². The molecule has 7 nitrogen and oxygen atoms in total. The second-order valence-electron chi connectivity index (χ2n) is 7.39. The summed E-state index contributed by atoms with van der Waals surface area (Å²) in [6, 6.07) is 4.66. The number of aryl methyl sites for hydroxylation is 1. The number of sulfone groups is 1. The maximum Gasteiger partial charge on any atom is 0.322 e. The van der Waals surface area contributed by atoms with E-state index in [-0.39, 0.29) is 29.0 Å². The van der Waals surface area contributed by atoms with E-state index in [0.29, 0.717) is 31.0 Å². The van der Waals surface area contributed by atoms with Crippen LogP contribution in [0.1, 0.15) is 24.8 Å². The number of nitrogens with one attached hydrogen (secondary N) is 1. The van der Waals surface area contributed by atoms with E-state index in [9.17, 15) is 13.2 Å². The van der Waals surface area contributed by atoms with Gasteiger partial charge in [0.1, 0.15) is 0 Å². The fourth-order valence-electron chi connectivity index (χ4n) is 4.26. The minimum absolute atomic E-state index is 0.0115. The zero-order valence-electron chi connectivity index (χ0n) is 16.1. The molecule has 1 saturated heterocycles. The Kier molecular flexibility index (Phi) is 6.08. The van der Waals surface area contributed by atoms with Crippen LogP contribution in [0.15, 0.2) is 23.1 Å². The Labute approximate surface area is 160 Å². The first-order valence-electron chi connectivity index (χ1n) is 9.30. The van der Waals surface area contributed by atoms with Gasteiger partial charge in [0, 0.05) is 31.5 Å². The van der Waals surface area contributed by atoms with Crippen LogP contribution in [0.3, 0.4) is 0 Å². The predicted molar refractivity (Wildman–Crippen MR) is 103 cm³/mol. The van der Waals surface area contributed by atoms with E-state index in [1.165, 1.54) is 12.3 Å². The highest BCUT2D eigenvalue weighted by atomic mass is 32.2. The normalized spacial score (nSPS) is 26.2. The largest absolute Gasteiger partial charge is 0.381 e. The van der Waals surface area contributed by atoms with Gasteiger partial charge < -0.3 is 19.7 Å². The number of ether oxygens (including phenoxy) is 2. The second-order valence-corrected chi connectivity index (χ2v) is 9.37.